The third-order valence-corrected chi connectivity index (χ3v) is 4.05. The summed E-state index contributed by atoms with van der Waals surface area (Å²) >= 11 is 0. The number of hydrogen-bond donors (Lipinski definition) is 1. The fourth-order valence-electron chi connectivity index (χ4n) is 2.76. The third kappa shape index (κ3) is 3.98. The maximum atomic E-state index is 12.2. The number of ether oxygens (including phenoxy) is 1. The minimum atomic E-state index is -0.101. The van der Waals surface area contributed by atoms with Gasteiger partial charge in [0.15, 0.2) is 5.82 Å². The van der Waals surface area contributed by atoms with Gasteiger partial charge < -0.3 is 10.1 Å². The number of morpholine rings is 1. The summed E-state index contributed by atoms with van der Waals surface area (Å²) < 4.78 is 7.08. The minimum absolute atomic E-state index is 0.101. The Morgan fingerprint density at radius 1 is 1.29 bits per heavy atom. The molecule has 0 aromatic carbocycles. The largest absolute Gasteiger partial charge is 0.379 e. The number of nitrogens with zero attached hydrogens (tertiary/aromatic N) is 4. The van der Waals surface area contributed by atoms with E-state index >= 15 is 0 Å². The number of hydrogen-bond acceptors (Lipinski definition) is 5. The van der Waals surface area contributed by atoms with E-state index < -0.39 is 0 Å². The number of aryl methyl sites for hydroxylation is 2. The van der Waals surface area contributed by atoms with Gasteiger partial charge in [-0.1, -0.05) is 0 Å². The summed E-state index contributed by atoms with van der Waals surface area (Å²) in [5.74, 6) is 0.612. The number of carbonyl (C=O) groups is 1. The molecular weight excluding hydrogens is 306 g/mol. The van der Waals surface area contributed by atoms with Crippen molar-refractivity contribution in [2.24, 2.45) is 0 Å². The lowest BCUT2D eigenvalue weighted by Gasteiger charge is -2.26. The molecule has 0 unspecified atom stereocenters. The second-order valence-corrected chi connectivity index (χ2v) is 5.95. The average molecular weight is 329 g/mol. The SMILES string of the molecule is Cc1cc(C)n(-c2ccc(C(=O)NCCN3CCOCC3)cn2)n1. The van der Waals surface area contributed by atoms with Gasteiger partial charge in [0.1, 0.15) is 0 Å². The average Bonchev–Trinajstić information content (AvgIpc) is 2.94. The number of aromatic nitrogens is 3. The van der Waals surface area contributed by atoms with Crippen LogP contribution >= 0.6 is 0 Å². The zero-order valence-electron chi connectivity index (χ0n) is 14.2. The molecular formula is C17H23N5O2. The molecule has 0 saturated carbocycles. The van der Waals surface area contributed by atoms with Gasteiger partial charge in [-0.2, -0.15) is 5.10 Å². The third-order valence-electron chi connectivity index (χ3n) is 4.05. The van der Waals surface area contributed by atoms with Crippen LogP contribution in [0.25, 0.3) is 5.82 Å². The lowest BCUT2D eigenvalue weighted by molar-refractivity contribution is 0.0383. The molecule has 1 aliphatic heterocycles. The first kappa shape index (κ1) is 16.6. The second kappa shape index (κ2) is 7.55. The summed E-state index contributed by atoms with van der Waals surface area (Å²) in [7, 11) is 0. The fraction of sp³-hybridized carbons (Fsp3) is 0.471. The quantitative estimate of drug-likeness (QED) is 0.884. The predicted molar refractivity (Wildman–Crippen MR) is 90.4 cm³/mol. The molecule has 2 aromatic rings. The highest BCUT2D eigenvalue weighted by atomic mass is 16.5. The summed E-state index contributed by atoms with van der Waals surface area (Å²) in [5.41, 5.74) is 2.52. The predicted octanol–water partition coefficient (Wildman–Crippen LogP) is 0.946. The summed E-state index contributed by atoms with van der Waals surface area (Å²) in [6.45, 7) is 8.78. The van der Waals surface area contributed by atoms with Crippen LogP contribution < -0.4 is 5.32 Å². The number of rotatable bonds is 5. The highest BCUT2D eigenvalue weighted by Gasteiger charge is 2.12. The number of amides is 1. The Labute approximate surface area is 141 Å². The van der Waals surface area contributed by atoms with Crippen LogP contribution in [0.3, 0.4) is 0 Å². The highest BCUT2D eigenvalue weighted by Crippen LogP contribution is 2.10. The van der Waals surface area contributed by atoms with E-state index in [1.165, 1.54) is 0 Å². The smallest absolute Gasteiger partial charge is 0.252 e. The molecule has 2 aromatic heterocycles. The normalized spacial score (nSPS) is 15.4. The molecule has 7 nitrogen and oxygen atoms in total. The van der Waals surface area contributed by atoms with E-state index in [2.05, 4.69) is 20.3 Å². The maximum absolute atomic E-state index is 12.2. The topological polar surface area (TPSA) is 72.3 Å². The van der Waals surface area contributed by atoms with Crippen LogP contribution in [-0.4, -0.2) is 65.0 Å². The molecule has 3 rings (SSSR count). The van der Waals surface area contributed by atoms with E-state index in [9.17, 15) is 4.79 Å². The molecule has 1 N–H and O–H groups in total. The van der Waals surface area contributed by atoms with Gasteiger partial charge in [0.05, 0.1) is 24.5 Å². The van der Waals surface area contributed by atoms with Gasteiger partial charge in [-0.05, 0) is 32.0 Å². The Morgan fingerprint density at radius 2 is 2.08 bits per heavy atom. The molecule has 1 amide bonds. The second-order valence-electron chi connectivity index (χ2n) is 5.95. The summed E-state index contributed by atoms with van der Waals surface area (Å²) in [5, 5.41) is 7.33. The molecule has 3 heterocycles. The molecule has 24 heavy (non-hydrogen) atoms. The molecule has 1 fully saturated rings. The number of nitrogens with one attached hydrogen (secondary N) is 1. The van der Waals surface area contributed by atoms with Crippen LogP contribution in [0.1, 0.15) is 21.7 Å². The molecule has 0 bridgehead atoms. The van der Waals surface area contributed by atoms with Crippen LogP contribution in [0.5, 0.6) is 0 Å². The van der Waals surface area contributed by atoms with E-state index in [-0.39, 0.29) is 5.91 Å². The van der Waals surface area contributed by atoms with E-state index in [0.29, 0.717) is 17.9 Å². The van der Waals surface area contributed by atoms with Crippen molar-refractivity contribution in [2.45, 2.75) is 13.8 Å². The van der Waals surface area contributed by atoms with Gasteiger partial charge in [-0.15, -0.1) is 0 Å². The van der Waals surface area contributed by atoms with Crippen molar-refractivity contribution in [2.75, 3.05) is 39.4 Å². The Balaban J connectivity index is 1.54. The zero-order chi connectivity index (χ0) is 16.9. The van der Waals surface area contributed by atoms with Gasteiger partial charge in [0.25, 0.3) is 5.91 Å². The van der Waals surface area contributed by atoms with Crippen LogP contribution in [-0.2, 0) is 4.74 Å². The molecule has 128 valence electrons. The van der Waals surface area contributed by atoms with E-state index in [0.717, 1.165) is 44.2 Å². The molecule has 0 aliphatic carbocycles. The molecule has 1 saturated heterocycles. The van der Waals surface area contributed by atoms with Crippen molar-refractivity contribution in [3.05, 3.63) is 41.3 Å². The Kier molecular flexibility index (Phi) is 5.22. The molecule has 1 aliphatic rings. The van der Waals surface area contributed by atoms with Crippen LogP contribution in [0, 0.1) is 13.8 Å². The van der Waals surface area contributed by atoms with E-state index in [1.54, 1.807) is 16.9 Å². The zero-order valence-corrected chi connectivity index (χ0v) is 14.2. The number of pyridine rings is 1. The Hall–Kier alpha value is -2.25. The lowest BCUT2D eigenvalue weighted by atomic mass is 10.2. The van der Waals surface area contributed by atoms with Crippen molar-refractivity contribution in [1.29, 1.82) is 0 Å². The fourth-order valence-corrected chi connectivity index (χ4v) is 2.76. The molecule has 7 heteroatoms. The Bertz CT molecular complexity index is 690. The van der Waals surface area contributed by atoms with Crippen LogP contribution in [0.2, 0.25) is 0 Å². The van der Waals surface area contributed by atoms with Gasteiger partial charge in [-0.25, -0.2) is 9.67 Å². The van der Waals surface area contributed by atoms with Crippen molar-refractivity contribution < 1.29 is 9.53 Å². The van der Waals surface area contributed by atoms with E-state index in [1.807, 2.05) is 26.0 Å². The Morgan fingerprint density at radius 3 is 2.71 bits per heavy atom. The summed E-state index contributed by atoms with van der Waals surface area (Å²) in [6.07, 6.45) is 1.59. The first-order chi connectivity index (χ1) is 11.6. The number of carbonyl (C=O) groups excluding carboxylic acids is 1. The van der Waals surface area contributed by atoms with Crippen molar-refractivity contribution >= 4 is 5.91 Å². The van der Waals surface area contributed by atoms with Gasteiger partial charge in [0, 0.05) is 38.1 Å². The van der Waals surface area contributed by atoms with E-state index in [4.69, 9.17) is 4.74 Å². The van der Waals surface area contributed by atoms with Gasteiger partial charge >= 0.3 is 0 Å². The van der Waals surface area contributed by atoms with Crippen molar-refractivity contribution in [1.82, 2.24) is 25.0 Å². The lowest BCUT2D eigenvalue weighted by Crippen LogP contribution is -2.41. The van der Waals surface area contributed by atoms with Crippen LogP contribution in [0.4, 0.5) is 0 Å². The molecule has 0 radical (unpaired) electrons. The highest BCUT2D eigenvalue weighted by molar-refractivity contribution is 5.93. The van der Waals surface area contributed by atoms with Crippen molar-refractivity contribution in [3.63, 3.8) is 0 Å². The standard InChI is InChI=1S/C17H23N5O2/c1-13-11-14(2)22(20-13)16-4-3-15(12-19-16)17(23)18-5-6-21-7-9-24-10-8-21/h3-4,11-12H,5-10H2,1-2H3,(H,18,23). The minimum Gasteiger partial charge on any atom is -0.379 e. The molecule has 0 spiro atoms. The van der Waals surface area contributed by atoms with Gasteiger partial charge in [0.2, 0.25) is 0 Å². The first-order valence-corrected chi connectivity index (χ1v) is 8.21. The van der Waals surface area contributed by atoms with Crippen LogP contribution in [0.15, 0.2) is 24.4 Å². The van der Waals surface area contributed by atoms with Gasteiger partial charge in [-0.3, -0.25) is 9.69 Å². The monoisotopic (exact) mass is 329 g/mol. The molecule has 0 atom stereocenters. The summed E-state index contributed by atoms with van der Waals surface area (Å²) in [6, 6.07) is 5.59. The summed E-state index contributed by atoms with van der Waals surface area (Å²) in [4.78, 5) is 18.8. The first-order valence-electron chi connectivity index (χ1n) is 8.21. The maximum Gasteiger partial charge on any atom is 0.252 e. The van der Waals surface area contributed by atoms with Crippen molar-refractivity contribution in [3.8, 4) is 5.82 Å².